The molecule has 0 fully saturated rings. The van der Waals surface area contributed by atoms with Gasteiger partial charge in [0.05, 0.1) is 37.8 Å². The fourth-order valence-corrected chi connectivity index (χ4v) is 3.36. The number of fused-ring (bicyclic) bond motifs is 1. The van der Waals surface area contributed by atoms with E-state index in [1.54, 1.807) is 0 Å². The highest BCUT2D eigenvalue weighted by Crippen LogP contribution is 2.21. The van der Waals surface area contributed by atoms with E-state index < -0.39 is 0 Å². The fourth-order valence-electron chi connectivity index (χ4n) is 3.36. The summed E-state index contributed by atoms with van der Waals surface area (Å²) in [5, 5.41) is 10.3. The minimum atomic E-state index is 0. The Morgan fingerprint density at radius 1 is 1.09 bits per heavy atom. The lowest BCUT2D eigenvalue weighted by atomic mass is 10.0. The number of halogens is 1. The van der Waals surface area contributed by atoms with Crippen molar-refractivity contribution >= 4 is 10.9 Å². The summed E-state index contributed by atoms with van der Waals surface area (Å²) >= 11 is 0. The third-order valence-electron chi connectivity index (χ3n) is 5.24. The van der Waals surface area contributed by atoms with Crippen LogP contribution in [0.1, 0.15) is 44.7 Å². The zero-order chi connectivity index (χ0) is 16.0. The molecule has 1 heterocycles. The molecule has 0 radical (unpaired) electrons. The van der Waals surface area contributed by atoms with Crippen LogP contribution in [0.15, 0.2) is 24.4 Å². The molecule has 2 aromatic rings. The summed E-state index contributed by atoms with van der Waals surface area (Å²) < 4.78 is 1.23. The van der Waals surface area contributed by atoms with Gasteiger partial charge in [0.15, 0.2) is 0 Å². The maximum absolute atomic E-state index is 9.05. The summed E-state index contributed by atoms with van der Waals surface area (Å²) in [6.45, 7) is 11.9. The second kappa shape index (κ2) is 8.96. The van der Waals surface area contributed by atoms with Crippen molar-refractivity contribution in [1.82, 2.24) is 4.98 Å². The van der Waals surface area contributed by atoms with Crippen LogP contribution >= 0.6 is 0 Å². The summed E-state index contributed by atoms with van der Waals surface area (Å²) in [5.74, 6) is 0. The number of aryl methyl sites for hydroxylation is 1. The van der Waals surface area contributed by atoms with Crippen LogP contribution in [0.5, 0.6) is 0 Å². The van der Waals surface area contributed by atoms with Crippen molar-refractivity contribution in [2.75, 3.05) is 26.2 Å². The number of H-pyrrole nitrogens is 1. The predicted molar refractivity (Wildman–Crippen MR) is 92.7 cm³/mol. The van der Waals surface area contributed by atoms with Crippen molar-refractivity contribution in [3.05, 3.63) is 35.5 Å². The van der Waals surface area contributed by atoms with E-state index in [-0.39, 0.29) is 12.4 Å². The van der Waals surface area contributed by atoms with E-state index in [0.29, 0.717) is 0 Å². The normalized spacial score (nSPS) is 11.2. The van der Waals surface area contributed by atoms with Gasteiger partial charge in [0.25, 0.3) is 0 Å². The first kappa shape index (κ1) is 19.5. The lowest BCUT2D eigenvalue weighted by molar-refractivity contribution is -0.923. The lowest BCUT2D eigenvalue weighted by Crippen LogP contribution is -3.00. The number of benzene rings is 1. The molecule has 4 heteroatoms. The molecule has 3 nitrogen and oxygen atoms in total. The number of nitriles is 1. The van der Waals surface area contributed by atoms with Crippen LogP contribution in [-0.4, -0.2) is 35.6 Å². The molecule has 0 unspecified atom stereocenters. The third kappa shape index (κ3) is 4.50. The van der Waals surface area contributed by atoms with Crippen molar-refractivity contribution in [3.8, 4) is 6.07 Å². The van der Waals surface area contributed by atoms with Crippen molar-refractivity contribution < 1.29 is 16.9 Å². The number of aromatic amines is 1. The summed E-state index contributed by atoms with van der Waals surface area (Å²) in [4.78, 5) is 3.32. The number of nitrogens with one attached hydrogen (secondary N) is 1. The van der Waals surface area contributed by atoms with Gasteiger partial charge in [-0.15, -0.1) is 0 Å². The van der Waals surface area contributed by atoms with Crippen LogP contribution in [-0.2, 0) is 6.42 Å². The summed E-state index contributed by atoms with van der Waals surface area (Å²) in [6.07, 6.45) is 5.67. The molecule has 0 spiro atoms. The van der Waals surface area contributed by atoms with E-state index in [9.17, 15) is 0 Å². The number of unbranched alkanes of at least 4 members (excludes halogenated alkanes) is 1. The number of rotatable bonds is 8. The average Bonchev–Trinajstić information content (AvgIpc) is 2.98. The van der Waals surface area contributed by atoms with Gasteiger partial charge in [-0.25, -0.2) is 0 Å². The van der Waals surface area contributed by atoms with Gasteiger partial charge in [-0.3, -0.25) is 0 Å². The van der Waals surface area contributed by atoms with Crippen LogP contribution < -0.4 is 12.4 Å². The summed E-state index contributed by atoms with van der Waals surface area (Å²) in [6, 6.07) is 8.11. The smallest absolute Gasteiger partial charge is 0.0991 e. The first-order valence-corrected chi connectivity index (χ1v) is 8.53. The van der Waals surface area contributed by atoms with E-state index in [4.69, 9.17) is 5.26 Å². The van der Waals surface area contributed by atoms with E-state index in [1.165, 1.54) is 54.5 Å². The number of quaternary nitrogens is 1. The van der Waals surface area contributed by atoms with Gasteiger partial charge >= 0.3 is 0 Å². The van der Waals surface area contributed by atoms with E-state index >= 15 is 0 Å². The number of nitrogens with zero attached hydrogens (tertiary/aromatic N) is 2. The highest BCUT2D eigenvalue weighted by molar-refractivity contribution is 5.84. The second-order valence-electron chi connectivity index (χ2n) is 6.16. The fraction of sp³-hybridized carbons (Fsp3) is 0.526. The molecule has 0 atom stereocenters. The highest BCUT2D eigenvalue weighted by Gasteiger charge is 2.19. The molecule has 1 aromatic heterocycles. The van der Waals surface area contributed by atoms with Gasteiger partial charge in [-0.05, 0) is 63.8 Å². The van der Waals surface area contributed by atoms with Gasteiger partial charge in [0.2, 0.25) is 0 Å². The minimum absolute atomic E-state index is 0. The average molecular weight is 334 g/mol. The van der Waals surface area contributed by atoms with Crippen LogP contribution in [0.3, 0.4) is 0 Å². The first-order valence-electron chi connectivity index (χ1n) is 8.53. The SMILES string of the molecule is CC[N+](CC)(CC)CCCCc1c[nH]c2ccc(C#N)cc12.[Cl-]. The Kier molecular flexibility index (Phi) is 7.61. The van der Waals surface area contributed by atoms with Gasteiger partial charge in [0.1, 0.15) is 0 Å². The molecule has 1 aromatic carbocycles. The van der Waals surface area contributed by atoms with Crippen molar-refractivity contribution in [1.29, 1.82) is 5.26 Å². The maximum Gasteiger partial charge on any atom is 0.0991 e. The Bertz CT molecular complexity index is 642. The Balaban J connectivity index is 0.00000264. The monoisotopic (exact) mass is 333 g/mol. The van der Waals surface area contributed by atoms with Crippen molar-refractivity contribution in [2.24, 2.45) is 0 Å². The minimum Gasteiger partial charge on any atom is -1.00 e. The quantitative estimate of drug-likeness (QED) is 0.573. The van der Waals surface area contributed by atoms with Gasteiger partial charge in [0, 0.05) is 17.1 Å². The molecule has 0 saturated carbocycles. The van der Waals surface area contributed by atoms with Crippen LogP contribution in [0.4, 0.5) is 0 Å². The van der Waals surface area contributed by atoms with E-state index in [2.05, 4.69) is 38.0 Å². The molecule has 0 aliphatic heterocycles. The van der Waals surface area contributed by atoms with Gasteiger partial charge in [-0.1, -0.05) is 0 Å². The molecule has 0 aliphatic carbocycles. The van der Waals surface area contributed by atoms with Crippen LogP contribution in [0.2, 0.25) is 0 Å². The van der Waals surface area contributed by atoms with E-state index in [1.807, 2.05) is 18.2 Å². The van der Waals surface area contributed by atoms with Crippen molar-refractivity contribution in [2.45, 2.75) is 40.0 Å². The molecule has 126 valence electrons. The van der Waals surface area contributed by atoms with Crippen LogP contribution in [0, 0.1) is 11.3 Å². The zero-order valence-corrected chi connectivity index (χ0v) is 15.3. The molecular weight excluding hydrogens is 306 g/mol. The second-order valence-corrected chi connectivity index (χ2v) is 6.16. The standard InChI is InChI=1S/C19H28N3.ClH/c1-4-22(5-2,6-3)12-8-7-9-17-15-21-19-11-10-16(14-20)13-18(17)19;/h10-11,13,15,21H,4-9,12H2,1-3H3;1H/q+1;/p-1. The Morgan fingerprint density at radius 3 is 2.39 bits per heavy atom. The topological polar surface area (TPSA) is 39.6 Å². The van der Waals surface area contributed by atoms with Crippen molar-refractivity contribution in [3.63, 3.8) is 0 Å². The van der Waals surface area contributed by atoms with E-state index in [0.717, 1.165) is 17.5 Å². The third-order valence-corrected chi connectivity index (χ3v) is 5.24. The Morgan fingerprint density at radius 2 is 1.78 bits per heavy atom. The zero-order valence-electron chi connectivity index (χ0n) is 14.5. The molecule has 0 saturated heterocycles. The Hall–Kier alpha value is -1.50. The molecule has 0 amide bonds. The molecule has 2 rings (SSSR count). The predicted octanol–water partition coefficient (Wildman–Crippen LogP) is 1.24. The lowest BCUT2D eigenvalue weighted by Gasteiger charge is -2.35. The van der Waals surface area contributed by atoms with Gasteiger partial charge < -0.3 is 21.9 Å². The number of hydrogen-bond donors (Lipinski definition) is 1. The van der Waals surface area contributed by atoms with Crippen LogP contribution in [0.25, 0.3) is 10.9 Å². The number of aromatic nitrogens is 1. The first-order chi connectivity index (χ1) is 10.7. The number of hydrogen-bond acceptors (Lipinski definition) is 1. The maximum atomic E-state index is 9.05. The summed E-state index contributed by atoms with van der Waals surface area (Å²) in [7, 11) is 0. The molecule has 0 bridgehead atoms. The molecule has 23 heavy (non-hydrogen) atoms. The largest absolute Gasteiger partial charge is 1.00 e. The molecular formula is C19H28ClN3. The van der Waals surface area contributed by atoms with Gasteiger partial charge in [-0.2, -0.15) is 5.26 Å². The Labute approximate surface area is 146 Å². The molecule has 1 N–H and O–H groups in total. The summed E-state index contributed by atoms with van der Waals surface area (Å²) in [5.41, 5.74) is 3.22. The molecule has 0 aliphatic rings. The highest BCUT2D eigenvalue weighted by atomic mass is 35.5.